The van der Waals surface area contributed by atoms with Crippen LogP contribution in [0.2, 0.25) is 0 Å². The molecule has 4 saturated heterocycles. The topological polar surface area (TPSA) is 168 Å². The van der Waals surface area contributed by atoms with E-state index in [0.717, 1.165) is 50.1 Å². The van der Waals surface area contributed by atoms with Crippen molar-refractivity contribution < 1.29 is 80.9 Å². The number of hydrogen-bond acceptors (Lipinski definition) is 17. The van der Waals surface area contributed by atoms with E-state index in [9.17, 15) is 5.11 Å². The van der Waals surface area contributed by atoms with Crippen LogP contribution >= 0.6 is 0 Å². The summed E-state index contributed by atoms with van der Waals surface area (Å²) >= 11 is 0. The van der Waals surface area contributed by atoms with Crippen molar-refractivity contribution >= 4 is 0 Å². The molecule has 13 rings (SSSR count). The van der Waals surface area contributed by atoms with Crippen LogP contribution in [0.5, 0.6) is 0 Å². The van der Waals surface area contributed by atoms with Crippen LogP contribution in [0.4, 0.5) is 0 Å². The average Bonchev–Trinajstić information content (AvgIpc) is 0.753. The Bertz CT molecular complexity index is 3730. The van der Waals surface area contributed by atoms with Crippen LogP contribution in [0.25, 0.3) is 0 Å². The van der Waals surface area contributed by atoms with Crippen molar-refractivity contribution in [2.45, 2.75) is 157 Å². The summed E-state index contributed by atoms with van der Waals surface area (Å²) in [4.78, 5) is 0. The predicted molar refractivity (Wildman–Crippen MR) is 371 cm³/mol. The lowest BCUT2D eigenvalue weighted by Gasteiger charge is -2.53. The van der Waals surface area contributed by atoms with E-state index in [1.54, 1.807) is 7.11 Å². The Labute approximate surface area is 585 Å². The molecule has 17 nitrogen and oxygen atoms in total. The molecule has 17 atom stereocenters. The van der Waals surface area contributed by atoms with Crippen LogP contribution < -0.4 is 0 Å². The number of fused-ring (bicyclic) bond motifs is 1. The van der Waals surface area contributed by atoms with Gasteiger partial charge in [0.15, 0.2) is 25.2 Å². The second-order valence-electron chi connectivity index (χ2n) is 25.3. The fourth-order valence-corrected chi connectivity index (χ4v) is 13.1. The van der Waals surface area contributed by atoms with Gasteiger partial charge in [-0.2, -0.15) is 0 Å². The van der Waals surface area contributed by atoms with E-state index in [1.807, 2.05) is 273 Å². The predicted octanol–water partition coefficient (Wildman–Crippen LogP) is 13.0. The van der Waals surface area contributed by atoms with Crippen molar-refractivity contribution in [1.29, 1.82) is 0 Å². The molecule has 522 valence electrons. The van der Waals surface area contributed by atoms with Crippen LogP contribution in [0.15, 0.2) is 273 Å². The lowest BCUT2D eigenvalue weighted by molar-refractivity contribution is -0.416. The minimum absolute atomic E-state index is 0.0554. The van der Waals surface area contributed by atoms with Gasteiger partial charge < -0.3 is 80.9 Å². The Kier molecular flexibility index (Phi) is 26.0. The number of methoxy groups -OCH3 is 1. The molecule has 0 saturated carbocycles. The zero-order valence-electron chi connectivity index (χ0n) is 56.1. The van der Waals surface area contributed by atoms with E-state index in [2.05, 4.69) is 0 Å². The maximum absolute atomic E-state index is 11.3. The van der Waals surface area contributed by atoms with Crippen molar-refractivity contribution in [2.24, 2.45) is 0 Å². The SMILES string of the molecule is CO[C@H]1O[C@H]2[C@@H](OC(c3ccccc3)O[C@H]2CO)[C@H](O[C@H]2O[C@H](COCc3ccccc3)[C@@H](O[C@@H]3O[C@H](COCc4ccccc4)[C@H](OCc4ccccc4)[C@H](OCc4ccccc4)[C@H]3OCc3ccccc3)[C@H](OCc3ccccc3)[C@H]2OCc2ccccc2)[C@@H]1OCc1ccccc1. The van der Waals surface area contributed by atoms with Gasteiger partial charge in [0.25, 0.3) is 0 Å². The van der Waals surface area contributed by atoms with Gasteiger partial charge in [0.2, 0.25) is 0 Å². The standard InChI is InChI=1S/C83H88O17/c1-85-81-79(93-55-65-43-25-9-26-44-65)76(75-71(97-81)67(47-84)94-80(99-75)66-45-27-10-28-46-66)100-83-78(92-54-64-41-23-8-24-42-64)74(90-52-62-37-19-6-20-38-62)72(69(96-83)57-87-49-59-31-13-3-14-32-59)98-82-77(91-53-63-39-21-7-22-40-63)73(89-51-61-35-17-5-18-36-61)70(88-50-60-33-15-4-16-34-60)68(95-82)56-86-48-58-29-11-2-12-30-58/h2-46,67-84H,47-57H2,1H3/t67-,68+,69+,70-,71+,72+,73-,74-,75+,76-,77+,78+,79-,80?,81-,82-,83+/m0/s1. The van der Waals surface area contributed by atoms with E-state index in [-0.39, 0.29) is 59.5 Å². The molecular formula is C83H88O17. The highest BCUT2D eigenvalue weighted by atomic mass is 16.8. The number of ether oxygens (including phenoxy) is 16. The lowest BCUT2D eigenvalue weighted by Crippen LogP contribution is -2.69. The molecule has 0 aliphatic carbocycles. The first-order chi connectivity index (χ1) is 49.5. The van der Waals surface area contributed by atoms with Crippen LogP contribution in [0.1, 0.15) is 56.4 Å². The zero-order valence-corrected chi connectivity index (χ0v) is 56.1. The third-order valence-corrected chi connectivity index (χ3v) is 18.2. The molecule has 1 N–H and O–H groups in total. The number of hydrogen-bond donors (Lipinski definition) is 1. The highest BCUT2D eigenvalue weighted by Crippen LogP contribution is 2.43. The van der Waals surface area contributed by atoms with Gasteiger partial charge in [-0.15, -0.1) is 0 Å². The maximum atomic E-state index is 11.3. The zero-order chi connectivity index (χ0) is 67.9. The average molecular weight is 1360 g/mol. The Balaban J connectivity index is 0.936. The quantitative estimate of drug-likeness (QED) is 0.0412. The summed E-state index contributed by atoms with van der Waals surface area (Å²) in [7, 11) is 1.55. The van der Waals surface area contributed by atoms with E-state index in [4.69, 9.17) is 75.8 Å². The molecule has 9 aromatic carbocycles. The molecule has 4 heterocycles. The Morgan fingerprint density at radius 2 is 0.570 bits per heavy atom. The van der Waals surface area contributed by atoms with Gasteiger partial charge >= 0.3 is 0 Å². The van der Waals surface area contributed by atoms with Crippen LogP contribution in [0, 0.1) is 0 Å². The summed E-state index contributed by atoms with van der Waals surface area (Å²) in [5, 5.41) is 11.3. The Morgan fingerprint density at radius 1 is 0.270 bits per heavy atom. The first-order valence-corrected chi connectivity index (χ1v) is 34.4. The fourth-order valence-electron chi connectivity index (χ4n) is 13.1. The summed E-state index contributed by atoms with van der Waals surface area (Å²) in [6.07, 6.45) is -17.2. The second-order valence-corrected chi connectivity index (χ2v) is 25.3. The van der Waals surface area contributed by atoms with Crippen molar-refractivity contribution in [1.82, 2.24) is 0 Å². The van der Waals surface area contributed by atoms with Crippen LogP contribution in [-0.4, -0.2) is 130 Å². The van der Waals surface area contributed by atoms with E-state index in [0.29, 0.717) is 6.61 Å². The molecule has 100 heavy (non-hydrogen) atoms. The van der Waals surface area contributed by atoms with Gasteiger partial charge in [-0.05, 0) is 44.5 Å². The van der Waals surface area contributed by atoms with E-state index >= 15 is 0 Å². The molecule has 9 aromatic rings. The van der Waals surface area contributed by atoms with Crippen molar-refractivity contribution in [3.05, 3.63) is 323 Å². The van der Waals surface area contributed by atoms with Gasteiger partial charge in [-0.3, -0.25) is 0 Å². The van der Waals surface area contributed by atoms with Gasteiger partial charge in [0, 0.05) is 12.7 Å². The molecular weight excluding hydrogens is 1270 g/mol. The molecule has 4 aliphatic rings. The molecule has 0 amide bonds. The largest absolute Gasteiger partial charge is 0.394 e. The van der Waals surface area contributed by atoms with Crippen molar-refractivity contribution in [3.8, 4) is 0 Å². The maximum Gasteiger partial charge on any atom is 0.187 e. The smallest absolute Gasteiger partial charge is 0.187 e. The van der Waals surface area contributed by atoms with E-state index in [1.165, 1.54) is 0 Å². The summed E-state index contributed by atoms with van der Waals surface area (Å²) in [6, 6.07) is 89.2. The molecule has 0 bridgehead atoms. The highest BCUT2D eigenvalue weighted by molar-refractivity contribution is 5.22. The Hall–Kier alpha value is -7.70. The molecule has 17 heteroatoms. The van der Waals surface area contributed by atoms with Crippen molar-refractivity contribution in [2.75, 3.05) is 26.9 Å². The van der Waals surface area contributed by atoms with Gasteiger partial charge in [0.1, 0.15) is 79.4 Å². The third kappa shape index (κ3) is 19.1. The first kappa shape index (κ1) is 70.7. The normalized spacial score (nSPS) is 27.5. The molecule has 1 unspecified atom stereocenters. The number of aliphatic hydroxyl groups excluding tert-OH is 1. The fraction of sp³-hybridized carbons (Fsp3) is 0.349. The number of rotatable bonds is 33. The molecule has 0 spiro atoms. The summed E-state index contributed by atoms with van der Waals surface area (Å²) < 4.78 is 114. The van der Waals surface area contributed by atoms with Crippen LogP contribution in [0.3, 0.4) is 0 Å². The minimum Gasteiger partial charge on any atom is -0.394 e. The van der Waals surface area contributed by atoms with Crippen LogP contribution in [-0.2, 0) is 129 Å². The van der Waals surface area contributed by atoms with Gasteiger partial charge in [-0.1, -0.05) is 273 Å². The van der Waals surface area contributed by atoms with E-state index < -0.39 is 111 Å². The first-order valence-electron chi connectivity index (χ1n) is 34.4. The van der Waals surface area contributed by atoms with Crippen molar-refractivity contribution in [3.63, 3.8) is 0 Å². The van der Waals surface area contributed by atoms with Gasteiger partial charge in [0.05, 0.1) is 72.7 Å². The molecule has 0 radical (unpaired) electrons. The lowest BCUT2D eigenvalue weighted by atomic mass is 9.92. The molecule has 0 aromatic heterocycles. The highest BCUT2D eigenvalue weighted by Gasteiger charge is 2.59. The molecule has 4 fully saturated rings. The molecule has 4 aliphatic heterocycles. The summed E-state index contributed by atoms with van der Waals surface area (Å²) in [5.74, 6) is 0. The number of aliphatic hydroxyl groups is 1. The summed E-state index contributed by atoms with van der Waals surface area (Å²) in [6.45, 7) is 1.01. The summed E-state index contributed by atoms with van der Waals surface area (Å²) in [5.41, 5.74) is 8.10. The second kappa shape index (κ2) is 36.8. The third-order valence-electron chi connectivity index (χ3n) is 18.2. The minimum atomic E-state index is -1.32. The number of benzene rings is 9. The monoisotopic (exact) mass is 1360 g/mol. The van der Waals surface area contributed by atoms with Gasteiger partial charge in [-0.25, -0.2) is 0 Å². The Morgan fingerprint density at radius 3 is 0.930 bits per heavy atom.